The summed E-state index contributed by atoms with van der Waals surface area (Å²) in [7, 11) is 0. The highest BCUT2D eigenvalue weighted by atomic mass is 19.2. The predicted octanol–water partition coefficient (Wildman–Crippen LogP) is 2.92. The van der Waals surface area contributed by atoms with Crippen molar-refractivity contribution < 1.29 is 23.1 Å². The van der Waals surface area contributed by atoms with Crippen molar-refractivity contribution in [2.45, 2.75) is 0 Å². The molecule has 0 aliphatic rings. The van der Waals surface area contributed by atoms with E-state index in [1.165, 1.54) is 24.3 Å². The fourth-order valence-corrected chi connectivity index (χ4v) is 1.29. The van der Waals surface area contributed by atoms with Crippen LogP contribution in [0.5, 0.6) is 0 Å². The number of halogens is 2. The molecule has 2 rings (SSSR count). The predicted molar refractivity (Wildman–Crippen MR) is 51.0 cm³/mol. The van der Waals surface area contributed by atoms with Gasteiger partial charge >= 0.3 is 5.97 Å². The lowest BCUT2D eigenvalue weighted by Gasteiger charge is -1.99. The number of carboxylic acids is 1. The second-order valence-electron chi connectivity index (χ2n) is 3.07. The minimum Gasteiger partial charge on any atom is -0.475 e. The first-order chi connectivity index (χ1) is 7.59. The molecule has 0 aliphatic carbocycles. The van der Waals surface area contributed by atoms with Crippen LogP contribution in [0.2, 0.25) is 0 Å². The number of hydrogen-bond acceptors (Lipinski definition) is 2. The van der Waals surface area contributed by atoms with Crippen LogP contribution in [0.4, 0.5) is 8.78 Å². The van der Waals surface area contributed by atoms with E-state index in [4.69, 9.17) is 9.52 Å². The van der Waals surface area contributed by atoms with Crippen molar-refractivity contribution in [1.82, 2.24) is 0 Å². The molecule has 0 atom stereocenters. The van der Waals surface area contributed by atoms with Crippen molar-refractivity contribution in [3.63, 3.8) is 0 Å². The molecule has 0 fully saturated rings. The Morgan fingerprint density at radius 1 is 1.19 bits per heavy atom. The zero-order chi connectivity index (χ0) is 11.7. The molecule has 0 saturated heterocycles. The maximum absolute atomic E-state index is 13.3. The Morgan fingerprint density at radius 3 is 2.56 bits per heavy atom. The van der Waals surface area contributed by atoms with Crippen molar-refractivity contribution >= 4 is 5.97 Å². The van der Waals surface area contributed by atoms with Gasteiger partial charge in [-0.25, -0.2) is 13.6 Å². The first-order valence-electron chi connectivity index (χ1n) is 4.37. The molecule has 0 unspecified atom stereocenters. The Balaban J connectivity index is 2.50. The maximum Gasteiger partial charge on any atom is 0.371 e. The van der Waals surface area contributed by atoms with Crippen LogP contribution < -0.4 is 0 Å². The molecular formula is C11H6F2O3. The van der Waals surface area contributed by atoms with E-state index in [1.54, 1.807) is 0 Å². The van der Waals surface area contributed by atoms with Crippen LogP contribution in [0.3, 0.4) is 0 Å². The van der Waals surface area contributed by atoms with Crippen LogP contribution in [-0.2, 0) is 0 Å². The van der Waals surface area contributed by atoms with Gasteiger partial charge in [-0.2, -0.15) is 0 Å². The van der Waals surface area contributed by atoms with E-state index < -0.39 is 17.6 Å². The van der Waals surface area contributed by atoms with Crippen molar-refractivity contribution in [3.05, 3.63) is 47.7 Å². The van der Waals surface area contributed by atoms with Gasteiger partial charge in [0.25, 0.3) is 0 Å². The molecular weight excluding hydrogens is 218 g/mol. The van der Waals surface area contributed by atoms with Crippen molar-refractivity contribution in [2.24, 2.45) is 0 Å². The van der Waals surface area contributed by atoms with E-state index in [0.29, 0.717) is 0 Å². The third-order valence-electron chi connectivity index (χ3n) is 2.03. The van der Waals surface area contributed by atoms with Gasteiger partial charge in [-0.05, 0) is 24.3 Å². The van der Waals surface area contributed by atoms with E-state index in [1.807, 2.05) is 0 Å². The first kappa shape index (κ1) is 10.4. The normalized spacial score (nSPS) is 10.4. The molecule has 1 aromatic carbocycles. The van der Waals surface area contributed by atoms with Gasteiger partial charge in [0.05, 0.1) is 5.56 Å². The zero-order valence-corrected chi connectivity index (χ0v) is 7.91. The molecule has 0 bridgehead atoms. The molecule has 0 aliphatic heterocycles. The quantitative estimate of drug-likeness (QED) is 0.853. The van der Waals surface area contributed by atoms with Crippen molar-refractivity contribution in [3.8, 4) is 11.3 Å². The lowest BCUT2D eigenvalue weighted by Crippen LogP contribution is -1.92. The van der Waals surface area contributed by atoms with Gasteiger partial charge in [0.1, 0.15) is 5.76 Å². The molecule has 3 nitrogen and oxygen atoms in total. The Labute approximate surface area is 88.9 Å². The highest BCUT2D eigenvalue weighted by Gasteiger charge is 2.15. The molecule has 5 heteroatoms. The maximum atomic E-state index is 13.3. The molecule has 82 valence electrons. The largest absolute Gasteiger partial charge is 0.475 e. The van der Waals surface area contributed by atoms with Crippen molar-refractivity contribution in [1.29, 1.82) is 0 Å². The summed E-state index contributed by atoms with van der Waals surface area (Å²) in [5, 5.41) is 8.61. The smallest absolute Gasteiger partial charge is 0.371 e. The first-order valence-corrected chi connectivity index (χ1v) is 4.37. The summed E-state index contributed by atoms with van der Waals surface area (Å²) >= 11 is 0. The van der Waals surface area contributed by atoms with Gasteiger partial charge in [0.15, 0.2) is 11.6 Å². The van der Waals surface area contributed by atoms with Crippen molar-refractivity contribution in [2.75, 3.05) is 0 Å². The minimum atomic E-state index is -1.26. The summed E-state index contributed by atoms with van der Waals surface area (Å²) in [4.78, 5) is 10.5. The molecule has 1 heterocycles. The molecule has 0 spiro atoms. The van der Waals surface area contributed by atoms with Gasteiger partial charge in [0, 0.05) is 0 Å². The topological polar surface area (TPSA) is 50.4 Å². The highest BCUT2D eigenvalue weighted by molar-refractivity contribution is 5.85. The Kier molecular flexibility index (Phi) is 2.44. The van der Waals surface area contributed by atoms with E-state index in [9.17, 15) is 13.6 Å². The van der Waals surface area contributed by atoms with E-state index in [0.717, 1.165) is 6.07 Å². The third kappa shape index (κ3) is 1.67. The molecule has 1 aromatic heterocycles. The van der Waals surface area contributed by atoms with E-state index in [2.05, 4.69) is 0 Å². The van der Waals surface area contributed by atoms with E-state index in [-0.39, 0.29) is 17.1 Å². The number of aromatic carboxylic acids is 1. The average molecular weight is 224 g/mol. The van der Waals surface area contributed by atoms with Crippen LogP contribution in [0.25, 0.3) is 11.3 Å². The molecule has 0 saturated carbocycles. The van der Waals surface area contributed by atoms with Gasteiger partial charge in [-0.1, -0.05) is 6.07 Å². The minimum absolute atomic E-state index is 0.0191. The second kappa shape index (κ2) is 3.77. The zero-order valence-electron chi connectivity index (χ0n) is 7.91. The molecule has 0 radical (unpaired) electrons. The molecule has 0 amide bonds. The Bertz CT molecular complexity index is 546. The van der Waals surface area contributed by atoms with Crippen LogP contribution in [0.15, 0.2) is 34.7 Å². The van der Waals surface area contributed by atoms with Gasteiger partial charge in [-0.3, -0.25) is 0 Å². The SMILES string of the molecule is O=C(O)c1ccc(-c2cccc(F)c2F)o1. The van der Waals surface area contributed by atoms with Crippen LogP contribution in [0.1, 0.15) is 10.6 Å². The summed E-state index contributed by atoms with van der Waals surface area (Å²) < 4.78 is 31.1. The van der Waals surface area contributed by atoms with Gasteiger partial charge in [-0.15, -0.1) is 0 Å². The summed E-state index contributed by atoms with van der Waals surface area (Å²) in [5.41, 5.74) is -0.104. The Morgan fingerprint density at radius 2 is 1.94 bits per heavy atom. The Hall–Kier alpha value is -2.17. The van der Waals surface area contributed by atoms with E-state index >= 15 is 0 Å². The van der Waals surface area contributed by atoms with Gasteiger partial charge in [0.2, 0.25) is 5.76 Å². The standard InChI is InChI=1S/C11H6F2O3/c12-7-3-1-2-6(10(7)13)8-4-5-9(16-8)11(14)15/h1-5H,(H,14,15). The molecule has 16 heavy (non-hydrogen) atoms. The number of carbonyl (C=O) groups is 1. The average Bonchev–Trinajstić information content (AvgIpc) is 2.71. The number of benzene rings is 1. The fraction of sp³-hybridized carbons (Fsp3) is 0. The lowest BCUT2D eigenvalue weighted by atomic mass is 10.1. The molecule has 2 aromatic rings. The third-order valence-corrected chi connectivity index (χ3v) is 2.03. The number of furan rings is 1. The number of rotatable bonds is 2. The number of hydrogen-bond donors (Lipinski definition) is 1. The lowest BCUT2D eigenvalue weighted by molar-refractivity contribution is 0.0663. The summed E-state index contributed by atoms with van der Waals surface area (Å²) in [6, 6.07) is 6.06. The monoisotopic (exact) mass is 224 g/mol. The summed E-state index contributed by atoms with van der Waals surface area (Å²) in [5.74, 6) is -3.67. The van der Waals surface area contributed by atoms with Crippen LogP contribution in [0, 0.1) is 11.6 Å². The highest BCUT2D eigenvalue weighted by Crippen LogP contribution is 2.26. The summed E-state index contributed by atoms with van der Waals surface area (Å²) in [6.07, 6.45) is 0. The van der Waals surface area contributed by atoms with Crippen LogP contribution >= 0.6 is 0 Å². The second-order valence-corrected chi connectivity index (χ2v) is 3.07. The van der Waals surface area contributed by atoms with Gasteiger partial charge < -0.3 is 9.52 Å². The number of carboxylic acid groups (broad SMARTS) is 1. The molecule has 1 N–H and O–H groups in total. The summed E-state index contributed by atoms with van der Waals surface area (Å²) in [6.45, 7) is 0. The van der Waals surface area contributed by atoms with Crippen LogP contribution in [-0.4, -0.2) is 11.1 Å². The fourth-order valence-electron chi connectivity index (χ4n) is 1.29.